The van der Waals surface area contributed by atoms with Gasteiger partial charge in [-0.2, -0.15) is 4.98 Å². The number of hydrogen-bond acceptors (Lipinski definition) is 4. The van der Waals surface area contributed by atoms with Crippen molar-refractivity contribution in [2.45, 2.75) is 45.7 Å². The largest absolute Gasteiger partial charge is 0.531 e. The molecule has 1 heterocycles. The molecule has 4 nitrogen and oxygen atoms in total. The molecule has 2 aromatic rings. The summed E-state index contributed by atoms with van der Waals surface area (Å²) in [5, 5.41) is 0. The Labute approximate surface area is 149 Å². The number of nitrogens with zero attached hydrogens (tertiary/aromatic N) is 2. The number of halogens is 2. The smallest absolute Gasteiger partial charge is 0.305 e. The monoisotopic (exact) mass is 382 g/mol. The summed E-state index contributed by atoms with van der Waals surface area (Å²) < 4.78 is 38.8. The lowest BCUT2D eigenvalue weighted by atomic mass is 10.1. The van der Waals surface area contributed by atoms with Crippen molar-refractivity contribution in [3.63, 3.8) is 0 Å². The van der Waals surface area contributed by atoms with Gasteiger partial charge in [-0.15, -0.1) is 0 Å². The van der Waals surface area contributed by atoms with Crippen LogP contribution in [0.1, 0.15) is 11.1 Å². The first-order valence-electron chi connectivity index (χ1n) is 8.10. The van der Waals surface area contributed by atoms with Crippen LogP contribution in [-0.4, -0.2) is 26.6 Å². The molecule has 25 heavy (non-hydrogen) atoms. The van der Waals surface area contributed by atoms with Crippen LogP contribution in [-0.2, 0) is 6.42 Å². The fourth-order valence-corrected chi connectivity index (χ4v) is 3.53. The summed E-state index contributed by atoms with van der Waals surface area (Å²) >= 11 is 0. The highest BCUT2D eigenvalue weighted by molar-refractivity contribution is 6.70. The second-order valence-corrected chi connectivity index (χ2v) is 16.7. The van der Waals surface area contributed by atoms with E-state index in [1.54, 1.807) is 6.20 Å². The van der Waals surface area contributed by atoms with Gasteiger partial charge in [0.25, 0.3) is 0 Å². The van der Waals surface area contributed by atoms with Gasteiger partial charge in [0, 0.05) is 24.2 Å². The van der Waals surface area contributed by atoms with E-state index >= 15 is 0 Å². The third kappa shape index (κ3) is 6.54. The summed E-state index contributed by atoms with van der Waals surface area (Å²) in [5.74, 6) is -0.795. The second kappa shape index (κ2) is 7.21. The van der Waals surface area contributed by atoms with E-state index < -0.39 is 28.3 Å². The molecule has 1 aromatic carbocycles. The van der Waals surface area contributed by atoms with Crippen LogP contribution in [0.3, 0.4) is 0 Å². The normalized spacial score (nSPS) is 12.2. The van der Waals surface area contributed by atoms with Crippen molar-refractivity contribution >= 4 is 16.6 Å². The number of aromatic nitrogens is 2. The SMILES string of the molecule is C[Si](C)(C)Oc1ncc(Cc2cc(F)cc(F)c2)c(O[Si](C)(C)C)n1. The van der Waals surface area contributed by atoms with Crippen LogP contribution >= 0.6 is 0 Å². The maximum Gasteiger partial charge on any atom is 0.305 e. The van der Waals surface area contributed by atoms with Gasteiger partial charge in [-0.1, -0.05) is 0 Å². The molecule has 0 spiro atoms. The van der Waals surface area contributed by atoms with Crippen molar-refractivity contribution in [1.29, 1.82) is 0 Å². The van der Waals surface area contributed by atoms with E-state index in [-0.39, 0.29) is 12.4 Å². The van der Waals surface area contributed by atoms with Gasteiger partial charge < -0.3 is 8.85 Å². The fraction of sp³-hybridized carbons (Fsp3) is 0.412. The Morgan fingerprint density at radius 2 is 1.44 bits per heavy atom. The van der Waals surface area contributed by atoms with E-state index in [2.05, 4.69) is 9.97 Å². The highest BCUT2D eigenvalue weighted by Crippen LogP contribution is 2.25. The van der Waals surface area contributed by atoms with E-state index in [0.717, 1.165) is 6.07 Å². The molecule has 0 saturated heterocycles. The second-order valence-electron chi connectivity index (χ2n) is 7.87. The molecule has 136 valence electrons. The highest BCUT2D eigenvalue weighted by atomic mass is 28.4. The zero-order chi connectivity index (χ0) is 18.8. The summed E-state index contributed by atoms with van der Waals surface area (Å²) in [6.45, 7) is 12.2. The van der Waals surface area contributed by atoms with E-state index in [1.807, 2.05) is 39.3 Å². The van der Waals surface area contributed by atoms with Gasteiger partial charge in [0.2, 0.25) is 22.5 Å². The fourth-order valence-electron chi connectivity index (χ4n) is 2.13. The quantitative estimate of drug-likeness (QED) is 0.675. The highest BCUT2D eigenvalue weighted by Gasteiger charge is 2.23. The average molecular weight is 383 g/mol. The molecule has 2 rings (SSSR count). The van der Waals surface area contributed by atoms with Gasteiger partial charge in [0.15, 0.2) is 0 Å². The zero-order valence-corrected chi connectivity index (χ0v) is 17.5. The molecule has 0 atom stereocenters. The van der Waals surface area contributed by atoms with Gasteiger partial charge in [-0.3, -0.25) is 0 Å². The Balaban J connectivity index is 2.38. The van der Waals surface area contributed by atoms with Crippen LogP contribution in [0.2, 0.25) is 39.3 Å². The molecule has 0 radical (unpaired) electrons. The Morgan fingerprint density at radius 3 is 1.96 bits per heavy atom. The van der Waals surface area contributed by atoms with Gasteiger partial charge >= 0.3 is 6.01 Å². The Kier molecular flexibility index (Phi) is 5.63. The molecule has 0 unspecified atom stereocenters. The Morgan fingerprint density at radius 1 is 0.880 bits per heavy atom. The van der Waals surface area contributed by atoms with Crippen molar-refractivity contribution in [2.24, 2.45) is 0 Å². The maximum atomic E-state index is 13.4. The van der Waals surface area contributed by atoms with Crippen molar-refractivity contribution < 1.29 is 17.6 Å². The van der Waals surface area contributed by atoms with Crippen molar-refractivity contribution in [2.75, 3.05) is 0 Å². The molecule has 0 aliphatic carbocycles. The third-order valence-corrected chi connectivity index (χ3v) is 4.52. The van der Waals surface area contributed by atoms with Crippen LogP contribution in [0.5, 0.6) is 11.9 Å². The number of benzene rings is 1. The lowest BCUT2D eigenvalue weighted by molar-refractivity contribution is 0.471. The van der Waals surface area contributed by atoms with Crippen molar-refractivity contribution in [1.82, 2.24) is 9.97 Å². The van der Waals surface area contributed by atoms with Gasteiger partial charge in [0.05, 0.1) is 0 Å². The molecular formula is C17H24F2N2O2Si2. The first-order valence-corrected chi connectivity index (χ1v) is 14.9. The first kappa shape index (κ1) is 19.5. The molecule has 0 aliphatic rings. The van der Waals surface area contributed by atoms with Crippen molar-refractivity contribution in [3.05, 3.63) is 47.2 Å². The Bertz CT molecular complexity index is 739. The summed E-state index contributed by atoms with van der Waals surface area (Å²) in [4.78, 5) is 8.66. The summed E-state index contributed by atoms with van der Waals surface area (Å²) in [6.07, 6.45) is 1.89. The first-order chi connectivity index (χ1) is 11.4. The standard InChI is InChI=1S/C17H24F2N2O2Si2/c1-24(2,3)22-16-13(7-12-8-14(18)10-15(19)9-12)11-20-17(21-16)23-25(4,5)6/h8-11H,7H2,1-6H3. The van der Waals surface area contributed by atoms with E-state index in [4.69, 9.17) is 8.85 Å². The van der Waals surface area contributed by atoms with Gasteiger partial charge in [0.1, 0.15) is 11.6 Å². The molecule has 8 heteroatoms. The minimum atomic E-state index is -1.93. The van der Waals surface area contributed by atoms with E-state index in [9.17, 15) is 8.78 Å². The minimum absolute atomic E-state index is 0.279. The lowest BCUT2D eigenvalue weighted by Crippen LogP contribution is -2.32. The summed E-state index contributed by atoms with van der Waals surface area (Å²) in [6, 6.07) is 3.73. The molecule has 0 fully saturated rings. The predicted octanol–water partition coefficient (Wildman–Crippen LogP) is 4.77. The van der Waals surface area contributed by atoms with Gasteiger partial charge in [-0.25, -0.2) is 13.8 Å². The van der Waals surface area contributed by atoms with Crippen LogP contribution in [0.4, 0.5) is 8.78 Å². The third-order valence-electron chi connectivity index (χ3n) is 2.92. The molecule has 0 bridgehead atoms. The molecule has 0 aliphatic heterocycles. The molecule has 0 saturated carbocycles. The summed E-state index contributed by atoms with van der Waals surface area (Å²) in [7, 11) is -3.79. The zero-order valence-electron chi connectivity index (χ0n) is 15.5. The van der Waals surface area contributed by atoms with Gasteiger partial charge in [-0.05, 0) is 57.0 Å². The average Bonchev–Trinajstić information content (AvgIpc) is 2.37. The van der Waals surface area contributed by atoms with Crippen LogP contribution in [0.25, 0.3) is 0 Å². The van der Waals surface area contributed by atoms with Crippen LogP contribution in [0, 0.1) is 11.6 Å². The molecule has 0 amide bonds. The predicted molar refractivity (Wildman–Crippen MR) is 99.1 cm³/mol. The van der Waals surface area contributed by atoms with Crippen molar-refractivity contribution in [3.8, 4) is 11.9 Å². The Hall–Kier alpha value is -1.81. The topological polar surface area (TPSA) is 44.2 Å². The maximum absolute atomic E-state index is 13.4. The number of hydrogen-bond donors (Lipinski definition) is 0. The van der Waals surface area contributed by atoms with E-state index in [0.29, 0.717) is 17.0 Å². The summed E-state index contributed by atoms with van der Waals surface area (Å²) in [5.41, 5.74) is 1.18. The lowest BCUT2D eigenvalue weighted by Gasteiger charge is -2.22. The van der Waals surface area contributed by atoms with Crippen LogP contribution < -0.4 is 8.85 Å². The minimum Gasteiger partial charge on any atom is -0.531 e. The van der Waals surface area contributed by atoms with E-state index in [1.165, 1.54) is 12.1 Å². The molecular weight excluding hydrogens is 358 g/mol. The molecule has 1 aromatic heterocycles. The van der Waals surface area contributed by atoms with Crippen LogP contribution in [0.15, 0.2) is 24.4 Å². The molecule has 0 N–H and O–H groups in total. The number of rotatable bonds is 6.